The lowest BCUT2D eigenvalue weighted by Crippen LogP contribution is -2.14. The Bertz CT molecular complexity index is 572. The van der Waals surface area contributed by atoms with E-state index in [0.717, 1.165) is 23.3 Å². The molecule has 0 radical (unpaired) electrons. The zero-order chi connectivity index (χ0) is 13.2. The predicted octanol–water partition coefficient (Wildman–Crippen LogP) is 2.28. The van der Waals surface area contributed by atoms with Crippen LogP contribution in [0.1, 0.15) is 31.2 Å². The van der Waals surface area contributed by atoms with Crippen molar-refractivity contribution in [1.29, 1.82) is 0 Å². The molecule has 2 aromatic heterocycles. The highest BCUT2D eigenvalue weighted by Crippen LogP contribution is 2.21. The molecule has 0 aromatic carbocycles. The van der Waals surface area contributed by atoms with Crippen LogP contribution in [0.15, 0.2) is 12.3 Å². The molecule has 5 heteroatoms. The number of aromatic nitrogens is 3. The van der Waals surface area contributed by atoms with E-state index in [1.807, 2.05) is 23.8 Å². The van der Waals surface area contributed by atoms with E-state index < -0.39 is 0 Å². The molecule has 5 nitrogen and oxygen atoms in total. The fourth-order valence-corrected chi connectivity index (χ4v) is 2.72. The summed E-state index contributed by atoms with van der Waals surface area (Å²) in [5, 5.41) is 0. The second-order valence-electron chi connectivity index (χ2n) is 5.25. The highest BCUT2D eigenvalue weighted by Gasteiger charge is 2.15. The quantitative estimate of drug-likeness (QED) is 0.916. The van der Waals surface area contributed by atoms with Gasteiger partial charge >= 0.3 is 0 Å². The van der Waals surface area contributed by atoms with Crippen molar-refractivity contribution in [3.8, 4) is 0 Å². The predicted molar refractivity (Wildman–Crippen MR) is 74.9 cm³/mol. The Balaban J connectivity index is 1.71. The second kappa shape index (κ2) is 5.17. The normalized spacial score (nSPS) is 16.5. The number of pyridine rings is 1. The van der Waals surface area contributed by atoms with Gasteiger partial charge in [0.25, 0.3) is 0 Å². The van der Waals surface area contributed by atoms with Crippen molar-refractivity contribution in [3.63, 3.8) is 0 Å². The third kappa shape index (κ3) is 2.56. The number of rotatable bonds is 4. The van der Waals surface area contributed by atoms with Crippen LogP contribution in [0.2, 0.25) is 0 Å². The minimum Gasteiger partial charge on any atom is -0.376 e. The van der Waals surface area contributed by atoms with Gasteiger partial charge in [-0.2, -0.15) is 0 Å². The average Bonchev–Trinajstić information content (AvgIpc) is 2.98. The van der Waals surface area contributed by atoms with Crippen molar-refractivity contribution in [2.45, 2.75) is 45.3 Å². The van der Waals surface area contributed by atoms with Crippen molar-refractivity contribution in [2.24, 2.45) is 0 Å². The van der Waals surface area contributed by atoms with Crippen LogP contribution in [0, 0.1) is 6.92 Å². The van der Waals surface area contributed by atoms with Gasteiger partial charge in [0.2, 0.25) is 5.95 Å². The first-order valence-corrected chi connectivity index (χ1v) is 6.94. The van der Waals surface area contributed by atoms with Crippen LogP contribution in [0.3, 0.4) is 0 Å². The van der Waals surface area contributed by atoms with Gasteiger partial charge in [-0.05, 0) is 31.4 Å². The molecule has 0 amide bonds. The topological polar surface area (TPSA) is 66.0 Å². The summed E-state index contributed by atoms with van der Waals surface area (Å²) in [6.45, 7) is 3.40. The van der Waals surface area contributed by atoms with Crippen LogP contribution in [0.5, 0.6) is 0 Å². The smallest absolute Gasteiger partial charge is 0.202 e. The first-order chi connectivity index (χ1) is 9.24. The van der Waals surface area contributed by atoms with Crippen LogP contribution in [0.25, 0.3) is 11.2 Å². The van der Waals surface area contributed by atoms with Crippen LogP contribution < -0.4 is 5.73 Å². The Morgan fingerprint density at radius 1 is 1.42 bits per heavy atom. The van der Waals surface area contributed by atoms with Gasteiger partial charge in [-0.15, -0.1) is 0 Å². The lowest BCUT2D eigenvalue weighted by molar-refractivity contribution is 0.0536. The Morgan fingerprint density at radius 2 is 2.21 bits per heavy atom. The van der Waals surface area contributed by atoms with E-state index in [0.29, 0.717) is 18.7 Å². The summed E-state index contributed by atoms with van der Waals surface area (Å²) in [5.74, 6) is 0.517. The fraction of sp³-hybridized carbons (Fsp3) is 0.571. The standard InChI is InChI=1S/C14H20N4O/c1-10-8-12-13(16-9-10)18(14(15)17-12)6-7-19-11-4-2-3-5-11/h8-9,11H,2-7H2,1H3,(H2,15,17). The van der Waals surface area contributed by atoms with E-state index in [2.05, 4.69) is 9.97 Å². The number of fused-ring (bicyclic) bond motifs is 1. The zero-order valence-corrected chi connectivity index (χ0v) is 11.3. The molecule has 2 aromatic rings. The summed E-state index contributed by atoms with van der Waals surface area (Å²) in [6.07, 6.45) is 7.25. The molecule has 3 rings (SSSR count). The molecule has 2 N–H and O–H groups in total. The van der Waals surface area contributed by atoms with Gasteiger partial charge in [-0.3, -0.25) is 4.57 Å². The number of aryl methyl sites for hydroxylation is 1. The van der Waals surface area contributed by atoms with Gasteiger partial charge in [0.15, 0.2) is 5.65 Å². The molecule has 1 aliphatic rings. The molecule has 1 fully saturated rings. The number of hydrogen-bond donors (Lipinski definition) is 1. The number of imidazole rings is 1. The average molecular weight is 260 g/mol. The largest absolute Gasteiger partial charge is 0.376 e. The first kappa shape index (κ1) is 12.4. The van der Waals surface area contributed by atoms with Gasteiger partial charge in [0, 0.05) is 6.20 Å². The third-order valence-corrected chi connectivity index (χ3v) is 3.72. The van der Waals surface area contributed by atoms with Gasteiger partial charge in [-0.1, -0.05) is 12.8 Å². The molecule has 2 heterocycles. The van der Waals surface area contributed by atoms with E-state index in [9.17, 15) is 0 Å². The Morgan fingerprint density at radius 3 is 3.00 bits per heavy atom. The lowest BCUT2D eigenvalue weighted by Gasteiger charge is -2.12. The lowest BCUT2D eigenvalue weighted by atomic mass is 10.3. The summed E-state index contributed by atoms with van der Waals surface area (Å²) < 4.78 is 7.81. The Labute approximate surface area is 112 Å². The molecule has 19 heavy (non-hydrogen) atoms. The Kier molecular flexibility index (Phi) is 3.38. The Hall–Kier alpha value is -1.62. The summed E-state index contributed by atoms with van der Waals surface area (Å²) >= 11 is 0. The molecule has 1 saturated carbocycles. The van der Waals surface area contributed by atoms with Crippen molar-refractivity contribution < 1.29 is 4.74 Å². The minimum absolute atomic E-state index is 0.436. The number of nitrogen functional groups attached to an aromatic ring is 1. The SMILES string of the molecule is Cc1cnc2c(c1)nc(N)n2CCOC1CCCC1. The maximum absolute atomic E-state index is 5.95. The van der Waals surface area contributed by atoms with Crippen LogP contribution in [-0.2, 0) is 11.3 Å². The molecule has 0 aliphatic heterocycles. The number of nitrogens with zero attached hydrogens (tertiary/aromatic N) is 3. The third-order valence-electron chi connectivity index (χ3n) is 3.72. The van der Waals surface area contributed by atoms with Crippen LogP contribution >= 0.6 is 0 Å². The highest BCUT2D eigenvalue weighted by molar-refractivity contribution is 5.74. The molecule has 0 unspecified atom stereocenters. The molecule has 0 bridgehead atoms. The van der Waals surface area contributed by atoms with E-state index in [4.69, 9.17) is 10.5 Å². The van der Waals surface area contributed by atoms with E-state index in [-0.39, 0.29) is 0 Å². The van der Waals surface area contributed by atoms with E-state index in [1.165, 1.54) is 25.7 Å². The molecular weight excluding hydrogens is 240 g/mol. The minimum atomic E-state index is 0.436. The molecule has 0 atom stereocenters. The van der Waals surface area contributed by atoms with Gasteiger partial charge in [-0.25, -0.2) is 9.97 Å². The van der Waals surface area contributed by atoms with E-state index in [1.54, 1.807) is 0 Å². The molecular formula is C14H20N4O. The van der Waals surface area contributed by atoms with E-state index >= 15 is 0 Å². The summed E-state index contributed by atoms with van der Waals surface area (Å²) in [5.41, 5.74) is 8.76. The van der Waals surface area contributed by atoms with Crippen molar-refractivity contribution in [1.82, 2.24) is 14.5 Å². The molecule has 102 valence electrons. The fourth-order valence-electron chi connectivity index (χ4n) is 2.72. The number of nitrogens with two attached hydrogens (primary N) is 1. The number of hydrogen-bond acceptors (Lipinski definition) is 4. The zero-order valence-electron chi connectivity index (χ0n) is 11.3. The maximum Gasteiger partial charge on any atom is 0.202 e. The van der Waals surface area contributed by atoms with Crippen LogP contribution in [0.4, 0.5) is 5.95 Å². The summed E-state index contributed by atoms with van der Waals surface area (Å²) in [4.78, 5) is 8.76. The molecule has 1 aliphatic carbocycles. The van der Waals surface area contributed by atoms with Crippen molar-refractivity contribution in [3.05, 3.63) is 17.8 Å². The maximum atomic E-state index is 5.95. The summed E-state index contributed by atoms with van der Waals surface area (Å²) in [7, 11) is 0. The number of ether oxygens (including phenoxy) is 1. The van der Waals surface area contributed by atoms with Crippen molar-refractivity contribution >= 4 is 17.1 Å². The monoisotopic (exact) mass is 260 g/mol. The second-order valence-corrected chi connectivity index (χ2v) is 5.25. The van der Waals surface area contributed by atoms with Gasteiger partial charge < -0.3 is 10.5 Å². The molecule has 0 saturated heterocycles. The molecule has 0 spiro atoms. The summed E-state index contributed by atoms with van der Waals surface area (Å²) in [6, 6.07) is 2.01. The van der Waals surface area contributed by atoms with Crippen LogP contribution in [-0.4, -0.2) is 27.2 Å². The van der Waals surface area contributed by atoms with Gasteiger partial charge in [0.1, 0.15) is 5.52 Å². The van der Waals surface area contributed by atoms with Gasteiger partial charge in [0.05, 0.1) is 19.3 Å². The number of anilines is 1. The first-order valence-electron chi connectivity index (χ1n) is 6.94. The highest BCUT2D eigenvalue weighted by atomic mass is 16.5. The van der Waals surface area contributed by atoms with Crippen molar-refractivity contribution in [2.75, 3.05) is 12.3 Å².